The van der Waals surface area contributed by atoms with Gasteiger partial charge in [-0.25, -0.2) is 0 Å². The van der Waals surface area contributed by atoms with Crippen molar-refractivity contribution in [3.05, 3.63) is 0 Å². The van der Waals surface area contributed by atoms with Gasteiger partial charge in [-0.05, 0) is 6.42 Å². The quantitative estimate of drug-likeness (QED) is 0.323. The van der Waals surface area contributed by atoms with Crippen LogP contribution in [0.4, 0.5) is 0 Å². The molecule has 0 aliphatic carbocycles. The molecular formula is C15H28NNaO3. The van der Waals surface area contributed by atoms with Crippen LogP contribution in [0.1, 0.15) is 71.1 Å². The summed E-state index contributed by atoms with van der Waals surface area (Å²) in [5.41, 5.74) is 0. The van der Waals surface area contributed by atoms with Crippen LogP contribution in [0.5, 0.6) is 0 Å². The Balaban J connectivity index is 0. The molecule has 1 N–H and O–H groups in total. The van der Waals surface area contributed by atoms with E-state index in [0.717, 1.165) is 12.8 Å². The van der Waals surface area contributed by atoms with Gasteiger partial charge in [-0.3, -0.25) is 4.79 Å². The minimum absolute atomic E-state index is 0. The molecule has 0 atom stereocenters. The second-order valence-corrected chi connectivity index (χ2v) is 5.09. The fourth-order valence-electron chi connectivity index (χ4n) is 2.03. The van der Waals surface area contributed by atoms with Crippen molar-refractivity contribution in [3.8, 4) is 0 Å². The number of hydrogen-bond acceptors (Lipinski definition) is 4. The molecule has 0 saturated carbocycles. The SMILES string of the molecule is CCCCCCCCCCCC(=O)CNCC(=O)[O-].[Na+]. The van der Waals surface area contributed by atoms with E-state index >= 15 is 0 Å². The maximum Gasteiger partial charge on any atom is 1.00 e. The predicted octanol–water partition coefficient (Wildman–Crippen LogP) is -1.18. The second kappa shape index (κ2) is 17.2. The monoisotopic (exact) mass is 293 g/mol. The first kappa shape index (κ1) is 22.4. The van der Waals surface area contributed by atoms with Gasteiger partial charge in [0, 0.05) is 13.0 Å². The number of ketones is 1. The number of carbonyl (C=O) groups is 2. The molecule has 0 aliphatic rings. The Morgan fingerprint density at radius 2 is 1.35 bits per heavy atom. The molecule has 0 spiro atoms. The second-order valence-electron chi connectivity index (χ2n) is 5.09. The van der Waals surface area contributed by atoms with Gasteiger partial charge in [0.1, 0.15) is 5.78 Å². The zero-order valence-corrected chi connectivity index (χ0v) is 15.2. The summed E-state index contributed by atoms with van der Waals surface area (Å²) in [4.78, 5) is 21.5. The molecule has 5 heteroatoms. The topological polar surface area (TPSA) is 69.2 Å². The first-order valence-corrected chi connectivity index (χ1v) is 7.59. The maximum absolute atomic E-state index is 11.4. The molecule has 0 fully saturated rings. The number of aliphatic carboxylic acids is 1. The zero-order chi connectivity index (χ0) is 14.3. The summed E-state index contributed by atoms with van der Waals surface area (Å²) in [7, 11) is 0. The third-order valence-corrected chi connectivity index (χ3v) is 3.15. The van der Waals surface area contributed by atoms with E-state index in [2.05, 4.69) is 12.2 Å². The molecule has 0 aromatic carbocycles. The molecule has 0 rings (SSSR count). The van der Waals surface area contributed by atoms with Gasteiger partial charge in [-0.15, -0.1) is 0 Å². The van der Waals surface area contributed by atoms with E-state index in [1.54, 1.807) is 0 Å². The predicted molar refractivity (Wildman–Crippen MR) is 74.7 cm³/mol. The summed E-state index contributed by atoms with van der Waals surface area (Å²) >= 11 is 0. The molecule has 0 radical (unpaired) electrons. The van der Waals surface area contributed by atoms with Gasteiger partial charge in [-0.2, -0.15) is 0 Å². The van der Waals surface area contributed by atoms with E-state index in [-0.39, 0.29) is 48.4 Å². The molecule has 0 amide bonds. The molecule has 0 saturated heterocycles. The van der Waals surface area contributed by atoms with Crippen LogP contribution in [0.25, 0.3) is 0 Å². The third-order valence-electron chi connectivity index (χ3n) is 3.15. The van der Waals surface area contributed by atoms with Gasteiger partial charge in [0.15, 0.2) is 0 Å². The first-order valence-electron chi connectivity index (χ1n) is 7.59. The van der Waals surface area contributed by atoms with Gasteiger partial charge in [-0.1, -0.05) is 58.3 Å². The Morgan fingerprint density at radius 1 is 0.850 bits per heavy atom. The zero-order valence-electron chi connectivity index (χ0n) is 13.2. The first-order chi connectivity index (χ1) is 9.16. The summed E-state index contributed by atoms with van der Waals surface area (Å²) in [5, 5.41) is 12.7. The molecule has 0 aromatic heterocycles. The average Bonchev–Trinajstić information content (AvgIpc) is 2.36. The standard InChI is InChI=1S/C15H29NO3.Na/c1-2-3-4-5-6-7-8-9-10-11-14(17)12-16-13-15(18)19;/h16H,2-13H2,1H3,(H,18,19);/q;+1/p-1. The van der Waals surface area contributed by atoms with Crippen molar-refractivity contribution in [1.29, 1.82) is 0 Å². The van der Waals surface area contributed by atoms with Crippen molar-refractivity contribution in [1.82, 2.24) is 5.32 Å². The van der Waals surface area contributed by atoms with Crippen LogP contribution >= 0.6 is 0 Å². The van der Waals surface area contributed by atoms with Gasteiger partial charge in [0.2, 0.25) is 0 Å². The van der Waals surface area contributed by atoms with Crippen LogP contribution in [-0.2, 0) is 9.59 Å². The molecule has 0 aliphatic heterocycles. The Labute approximate surface area is 145 Å². The van der Waals surface area contributed by atoms with Crippen molar-refractivity contribution in [2.75, 3.05) is 13.1 Å². The number of unbranched alkanes of at least 4 members (excludes halogenated alkanes) is 8. The van der Waals surface area contributed by atoms with Crippen molar-refractivity contribution < 1.29 is 44.3 Å². The normalized spacial score (nSPS) is 10.1. The van der Waals surface area contributed by atoms with E-state index in [1.807, 2.05) is 0 Å². The van der Waals surface area contributed by atoms with Crippen LogP contribution in [0.15, 0.2) is 0 Å². The van der Waals surface area contributed by atoms with Crippen LogP contribution in [0, 0.1) is 0 Å². The van der Waals surface area contributed by atoms with E-state index in [9.17, 15) is 14.7 Å². The summed E-state index contributed by atoms with van der Waals surface area (Å²) in [6, 6.07) is 0. The molecule has 0 aromatic rings. The number of carboxylic acid groups (broad SMARTS) is 1. The average molecular weight is 293 g/mol. The summed E-state index contributed by atoms with van der Waals surface area (Å²) in [5.74, 6) is -1.08. The maximum atomic E-state index is 11.4. The van der Waals surface area contributed by atoms with Crippen molar-refractivity contribution in [2.45, 2.75) is 71.1 Å². The van der Waals surface area contributed by atoms with E-state index in [1.165, 1.54) is 44.9 Å². The van der Waals surface area contributed by atoms with Crippen LogP contribution < -0.4 is 40.0 Å². The van der Waals surface area contributed by atoms with Gasteiger partial charge in [0.25, 0.3) is 0 Å². The van der Waals surface area contributed by atoms with Crippen LogP contribution in [-0.4, -0.2) is 24.8 Å². The van der Waals surface area contributed by atoms with Gasteiger partial charge in [0.05, 0.1) is 12.5 Å². The van der Waals surface area contributed by atoms with Gasteiger partial charge < -0.3 is 15.2 Å². The molecule has 0 heterocycles. The van der Waals surface area contributed by atoms with Crippen molar-refractivity contribution in [3.63, 3.8) is 0 Å². The molecular weight excluding hydrogens is 265 g/mol. The molecule has 0 bridgehead atoms. The summed E-state index contributed by atoms with van der Waals surface area (Å²) < 4.78 is 0. The Hall–Kier alpha value is 0.100. The number of Topliss-reactive ketones (excluding diaryl/α,β-unsaturated/α-hetero) is 1. The number of rotatable bonds is 14. The largest absolute Gasteiger partial charge is 1.00 e. The number of carbonyl (C=O) groups excluding carboxylic acids is 2. The Kier molecular flexibility index (Phi) is 19.2. The number of hydrogen-bond donors (Lipinski definition) is 1. The van der Waals surface area contributed by atoms with E-state index in [0.29, 0.717) is 6.42 Å². The van der Waals surface area contributed by atoms with E-state index in [4.69, 9.17) is 0 Å². The third kappa shape index (κ3) is 18.1. The number of carboxylic acids is 1. The minimum atomic E-state index is -1.17. The number of nitrogens with one attached hydrogen (secondary N) is 1. The van der Waals surface area contributed by atoms with Crippen molar-refractivity contribution in [2.24, 2.45) is 0 Å². The van der Waals surface area contributed by atoms with Crippen LogP contribution in [0.2, 0.25) is 0 Å². The summed E-state index contributed by atoms with van der Waals surface area (Å²) in [6.07, 6.45) is 11.6. The minimum Gasteiger partial charge on any atom is -0.549 e. The molecule has 20 heavy (non-hydrogen) atoms. The summed E-state index contributed by atoms with van der Waals surface area (Å²) in [6.45, 7) is 2.12. The molecule has 4 nitrogen and oxygen atoms in total. The van der Waals surface area contributed by atoms with Crippen molar-refractivity contribution >= 4 is 11.8 Å². The molecule has 0 unspecified atom stereocenters. The van der Waals surface area contributed by atoms with Gasteiger partial charge >= 0.3 is 29.6 Å². The molecule has 112 valence electrons. The van der Waals surface area contributed by atoms with E-state index < -0.39 is 5.97 Å². The Morgan fingerprint density at radius 3 is 1.85 bits per heavy atom. The fourth-order valence-corrected chi connectivity index (χ4v) is 2.03. The van der Waals surface area contributed by atoms with Crippen LogP contribution in [0.3, 0.4) is 0 Å². The smallest absolute Gasteiger partial charge is 0.549 e. The fraction of sp³-hybridized carbons (Fsp3) is 0.867. The Bertz CT molecular complexity index is 247.